The van der Waals surface area contributed by atoms with E-state index in [1.165, 1.54) is 9.58 Å². The first-order chi connectivity index (χ1) is 12.2. The first kappa shape index (κ1) is 19.9. The van der Waals surface area contributed by atoms with Crippen molar-refractivity contribution < 1.29 is 19.1 Å². The summed E-state index contributed by atoms with van der Waals surface area (Å²) in [6.07, 6.45) is 0.137. The Morgan fingerprint density at radius 2 is 1.77 bits per heavy atom. The summed E-state index contributed by atoms with van der Waals surface area (Å²) in [4.78, 5) is 39.8. The Hall–Kier alpha value is -2.38. The molecule has 3 rings (SSSR count). The average Bonchev–Trinajstić information content (AvgIpc) is 2.85. The van der Waals surface area contributed by atoms with Crippen LogP contribution in [0, 0.1) is 0 Å². The number of nitrogens with zero attached hydrogens (tertiary/aromatic N) is 4. The molecule has 26 heavy (non-hydrogen) atoms. The molecule has 2 aliphatic heterocycles. The zero-order chi connectivity index (χ0) is 19.6. The van der Waals surface area contributed by atoms with Crippen molar-refractivity contribution in [3.05, 3.63) is 17.0 Å². The summed E-state index contributed by atoms with van der Waals surface area (Å²) in [5, 5.41) is 4.42. The molecule has 0 unspecified atom stereocenters. The average molecular weight is 364 g/mol. The zero-order valence-electron chi connectivity index (χ0n) is 16.5. The van der Waals surface area contributed by atoms with Crippen LogP contribution in [-0.2, 0) is 29.0 Å². The molecule has 1 aromatic rings. The molecule has 0 saturated carbocycles. The van der Waals surface area contributed by atoms with Crippen molar-refractivity contribution in [3.8, 4) is 0 Å². The highest BCUT2D eigenvalue weighted by Gasteiger charge is 2.35. The highest BCUT2D eigenvalue weighted by molar-refractivity contribution is 5.98. The normalized spacial score (nSPS) is 17.0. The number of rotatable bonds is 0. The van der Waals surface area contributed by atoms with Gasteiger partial charge in [0.25, 0.3) is 5.91 Å². The molecule has 3 heterocycles. The molecule has 0 spiro atoms. The van der Waals surface area contributed by atoms with Crippen LogP contribution >= 0.6 is 0 Å². The number of carbonyl (C=O) groups is 3. The summed E-state index contributed by atoms with van der Waals surface area (Å²) < 4.78 is 6.90. The molecule has 0 radical (unpaired) electrons. The third-order valence-electron chi connectivity index (χ3n) is 4.04. The van der Waals surface area contributed by atoms with Gasteiger partial charge in [0.2, 0.25) is 0 Å². The van der Waals surface area contributed by atoms with E-state index in [1.54, 1.807) is 11.9 Å². The van der Waals surface area contributed by atoms with Crippen molar-refractivity contribution in [2.24, 2.45) is 0 Å². The predicted octanol–water partition coefficient (Wildman–Crippen LogP) is 1.86. The Morgan fingerprint density at radius 3 is 2.38 bits per heavy atom. The first-order valence-electron chi connectivity index (χ1n) is 8.99. The molecule has 8 heteroatoms. The van der Waals surface area contributed by atoms with Gasteiger partial charge in [-0.3, -0.25) is 14.3 Å². The van der Waals surface area contributed by atoms with Gasteiger partial charge in [-0.15, -0.1) is 0 Å². The lowest BCUT2D eigenvalue weighted by molar-refractivity contribution is -0.119. The van der Waals surface area contributed by atoms with Crippen LogP contribution in [0.1, 0.15) is 56.4 Å². The SMILES string of the molecule is CC.CN1CC(=O)Cn2nc3c(c2C1=O)CN(C(=O)OC(C)(C)C)CC3. The molecule has 0 atom stereocenters. The fourth-order valence-corrected chi connectivity index (χ4v) is 3.00. The number of fused-ring (bicyclic) bond motifs is 3. The van der Waals surface area contributed by atoms with E-state index >= 15 is 0 Å². The lowest BCUT2D eigenvalue weighted by atomic mass is 10.1. The summed E-state index contributed by atoms with van der Waals surface area (Å²) in [6, 6.07) is 0. The maximum Gasteiger partial charge on any atom is 0.410 e. The molecule has 0 saturated heterocycles. The smallest absolute Gasteiger partial charge is 0.410 e. The second kappa shape index (κ2) is 7.47. The van der Waals surface area contributed by atoms with E-state index in [1.807, 2.05) is 34.6 Å². The van der Waals surface area contributed by atoms with Crippen LogP contribution in [0.15, 0.2) is 0 Å². The minimum atomic E-state index is -0.574. The van der Waals surface area contributed by atoms with Gasteiger partial charge in [0.05, 0.1) is 18.8 Å². The van der Waals surface area contributed by atoms with E-state index in [4.69, 9.17) is 4.74 Å². The number of ether oxygens (including phenoxy) is 1. The summed E-state index contributed by atoms with van der Waals surface area (Å²) in [5.74, 6) is -0.297. The first-order valence-corrected chi connectivity index (χ1v) is 8.99. The lowest BCUT2D eigenvalue weighted by Gasteiger charge is -2.30. The second-order valence-electron chi connectivity index (χ2n) is 7.28. The standard InChI is InChI=1S/C16H22N4O4.C2H6/c1-16(2,3)24-15(23)19-6-5-12-11(9-19)13-14(22)18(4)7-10(21)8-20(13)17-12;1-2/h5-9H2,1-4H3;1-2H3. The minimum Gasteiger partial charge on any atom is -0.444 e. The fourth-order valence-electron chi connectivity index (χ4n) is 3.00. The Labute approximate surface area is 154 Å². The van der Waals surface area contributed by atoms with Crippen LogP contribution in [0.4, 0.5) is 4.79 Å². The summed E-state index contributed by atoms with van der Waals surface area (Å²) in [5.41, 5.74) is 1.34. The van der Waals surface area contributed by atoms with Crippen molar-refractivity contribution in [2.75, 3.05) is 20.1 Å². The number of aromatic nitrogens is 2. The third-order valence-corrected chi connectivity index (χ3v) is 4.04. The van der Waals surface area contributed by atoms with Gasteiger partial charge in [-0.1, -0.05) is 13.8 Å². The highest BCUT2D eigenvalue weighted by atomic mass is 16.6. The summed E-state index contributed by atoms with van der Waals surface area (Å²) in [7, 11) is 1.60. The van der Waals surface area contributed by atoms with Crippen molar-refractivity contribution >= 4 is 17.8 Å². The van der Waals surface area contributed by atoms with Crippen molar-refractivity contribution in [1.29, 1.82) is 0 Å². The maximum absolute atomic E-state index is 12.6. The van der Waals surface area contributed by atoms with E-state index in [0.29, 0.717) is 18.7 Å². The van der Waals surface area contributed by atoms with Gasteiger partial charge in [0.1, 0.15) is 17.8 Å². The van der Waals surface area contributed by atoms with Crippen LogP contribution in [0.25, 0.3) is 0 Å². The maximum atomic E-state index is 12.6. The Balaban J connectivity index is 0.00000117. The molecule has 1 aromatic heterocycles. The van der Waals surface area contributed by atoms with Crippen LogP contribution in [-0.4, -0.2) is 63.1 Å². The van der Waals surface area contributed by atoms with Crippen LogP contribution < -0.4 is 0 Å². The summed E-state index contributed by atoms with van der Waals surface area (Å²) >= 11 is 0. The van der Waals surface area contributed by atoms with Crippen LogP contribution in [0.2, 0.25) is 0 Å². The fraction of sp³-hybridized carbons (Fsp3) is 0.667. The van der Waals surface area contributed by atoms with E-state index in [-0.39, 0.29) is 31.3 Å². The number of amides is 2. The largest absolute Gasteiger partial charge is 0.444 e. The van der Waals surface area contributed by atoms with Gasteiger partial charge >= 0.3 is 6.09 Å². The molecule has 2 amide bonds. The third kappa shape index (κ3) is 4.05. The molecular formula is C18H28N4O4. The lowest BCUT2D eigenvalue weighted by Crippen LogP contribution is -2.40. The number of Topliss-reactive ketones (excluding diaryl/α,β-unsaturated/α-hetero) is 1. The van der Waals surface area contributed by atoms with Crippen LogP contribution in [0.5, 0.6) is 0 Å². The molecule has 0 aromatic carbocycles. The van der Waals surface area contributed by atoms with E-state index in [0.717, 1.165) is 11.3 Å². The number of hydrogen-bond acceptors (Lipinski definition) is 5. The molecular weight excluding hydrogens is 336 g/mol. The van der Waals surface area contributed by atoms with Gasteiger partial charge < -0.3 is 14.5 Å². The molecule has 0 fully saturated rings. The Morgan fingerprint density at radius 1 is 1.12 bits per heavy atom. The number of carbonyl (C=O) groups excluding carboxylic acids is 3. The summed E-state index contributed by atoms with van der Waals surface area (Å²) in [6.45, 7) is 10.4. The topological polar surface area (TPSA) is 84.7 Å². The molecule has 144 valence electrons. The van der Waals surface area contributed by atoms with Crippen molar-refractivity contribution in [2.45, 2.75) is 59.7 Å². The van der Waals surface area contributed by atoms with Gasteiger partial charge in [-0.25, -0.2) is 4.79 Å². The highest BCUT2D eigenvalue weighted by Crippen LogP contribution is 2.26. The number of likely N-dealkylation sites (N-methyl/N-ethyl adjacent to an activating group) is 1. The minimum absolute atomic E-state index is 0.0616. The van der Waals surface area contributed by atoms with Crippen LogP contribution in [0.3, 0.4) is 0 Å². The zero-order valence-corrected chi connectivity index (χ0v) is 16.5. The van der Waals surface area contributed by atoms with Crippen molar-refractivity contribution in [1.82, 2.24) is 19.6 Å². The Kier molecular flexibility index (Phi) is 5.73. The molecule has 8 nitrogen and oxygen atoms in total. The molecule has 0 N–H and O–H groups in total. The number of ketones is 1. The quantitative estimate of drug-likeness (QED) is 0.701. The molecule has 2 aliphatic rings. The van der Waals surface area contributed by atoms with E-state index in [2.05, 4.69) is 5.10 Å². The van der Waals surface area contributed by atoms with Crippen molar-refractivity contribution in [3.63, 3.8) is 0 Å². The Bertz CT molecular complexity index is 718. The number of hydrogen-bond donors (Lipinski definition) is 0. The predicted molar refractivity (Wildman–Crippen MR) is 95.9 cm³/mol. The van der Waals surface area contributed by atoms with Gasteiger partial charge in [-0.2, -0.15) is 5.10 Å². The molecule has 0 aliphatic carbocycles. The van der Waals surface area contributed by atoms with E-state index in [9.17, 15) is 14.4 Å². The van der Waals surface area contributed by atoms with E-state index < -0.39 is 11.7 Å². The van der Waals surface area contributed by atoms with Gasteiger partial charge in [0, 0.05) is 25.6 Å². The second-order valence-corrected chi connectivity index (χ2v) is 7.28. The van der Waals surface area contributed by atoms with Gasteiger partial charge in [-0.05, 0) is 20.8 Å². The monoisotopic (exact) mass is 364 g/mol. The van der Waals surface area contributed by atoms with Gasteiger partial charge in [0.15, 0.2) is 5.78 Å². The molecule has 0 bridgehead atoms.